The molecule has 17 heavy (non-hydrogen) atoms. The van der Waals surface area contributed by atoms with Crippen molar-refractivity contribution >= 4 is 23.4 Å². The molecule has 0 aliphatic rings. The molecule has 0 aromatic heterocycles. The SMILES string of the molecule is COc1cc(N)ccc1SC(C)CCC(=O)O. The minimum Gasteiger partial charge on any atom is -0.496 e. The van der Waals surface area contributed by atoms with Crippen LogP contribution in [0.2, 0.25) is 0 Å². The van der Waals surface area contributed by atoms with Crippen LogP contribution in [-0.4, -0.2) is 23.4 Å². The molecule has 0 aliphatic heterocycles. The van der Waals surface area contributed by atoms with Gasteiger partial charge >= 0.3 is 5.97 Å². The highest BCUT2D eigenvalue weighted by molar-refractivity contribution is 8.00. The fraction of sp³-hybridized carbons (Fsp3) is 0.417. The lowest BCUT2D eigenvalue weighted by Crippen LogP contribution is -2.02. The number of hydrogen-bond acceptors (Lipinski definition) is 4. The zero-order valence-corrected chi connectivity index (χ0v) is 10.8. The lowest BCUT2D eigenvalue weighted by Gasteiger charge is -2.13. The van der Waals surface area contributed by atoms with E-state index in [0.29, 0.717) is 12.1 Å². The Morgan fingerprint density at radius 3 is 2.88 bits per heavy atom. The molecule has 1 atom stereocenters. The number of rotatable bonds is 6. The second-order valence-corrected chi connectivity index (χ2v) is 5.25. The molecule has 0 aliphatic carbocycles. The molecule has 3 N–H and O–H groups in total. The molecule has 0 radical (unpaired) electrons. The number of nitrogen functional groups attached to an aromatic ring is 1. The van der Waals surface area contributed by atoms with Gasteiger partial charge in [-0.3, -0.25) is 4.79 Å². The van der Waals surface area contributed by atoms with Gasteiger partial charge in [0, 0.05) is 28.3 Å². The highest BCUT2D eigenvalue weighted by Crippen LogP contribution is 2.34. The van der Waals surface area contributed by atoms with E-state index in [1.165, 1.54) is 0 Å². The van der Waals surface area contributed by atoms with E-state index in [4.69, 9.17) is 15.6 Å². The predicted molar refractivity (Wildman–Crippen MR) is 69.6 cm³/mol. The largest absolute Gasteiger partial charge is 0.496 e. The summed E-state index contributed by atoms with van der Waals surface area (Å²) in [4.78, 5) is 11.5. The van der Waals surface area contributed by atoms with Gasteiger partial charge in [0.1, 0.15) is 5.75 Å². The Bertz CT molecular complexity index is 395. The standard InChI is InChI=1S/C12H17NO3S/c1-8(3-6-12(14)15)17-11-5-4-9(13)7-10(11)16-2/h4-5,7-8H,3,6,13H2,1-2H3,(H,14,15). The van der Waals surface area contributed by atoms with E-state index >= 15 is 0 Å². The fourth-order valence-corrected chi connectivity index (χ4v) is 2.46. The number of carboxylic acids is 1. The number of anilines is 1. The molecular weight excluding hydrogens is 238 g/mol. The van der Waals surface area contributed by atoms with Gasteiger partial charge in [-0.05, 0) is 18.6 Å². The van der Waals surface area contributed by atoms with Crippen molar-refractivity contribution in [3.63, 3.8) is 0 Å². The number of aliphatic carboxylic acids is 1. The first-order valence-corrected chi connectivity index (χ1v) is 6.23. The van der Waals surface area contributed by atoms with Crippen LogP contribution in [0, 0.1) is 0 Å². The summed E-state index contributed by atoms with van der Waals surface area (Å²) in [6, 6.07) is 5.48. The van der Waals surface area contributed by atoms with Gasteiger partial charge in [-0.15, -0.1) is 11.8 Å². The van der Waals surface area contributed by atoms with Crippen molar-refractivity contribution in [3.8, 4) is 5.75 Å². The number of thioether (sulfide) groups is 1. The van der Waals surface area contributed by atoms with E-state index < -0.39 is 5.97 Å². The van der Waals surface area contributed by atoms with Gasteiger partial charge in [0.25, 0.3) is 0 Å². The van der Waals surface area contributed by atoms with Crippen molar-refractivity contribution in [1.29, 1.82) is 0 Å². The van der Waals surface area contributed by atoms with Crippen molar-refractivity contribution < 1.29 is 14.6 Å². The molecule has 0 amide bonds. The Hall–Kier alpha value is -1.36. The van der Waals surface area contributed by atoms with Gasteiger partial charge in [0.15, 0.2) is 0 Å². The van der Waals surface area contributed by atoms with Crippen molar-refractivity contribution in [1.82, 2.24) is 0 Å². The van der Waals surface area contributed by atoms with Crippen LogP contribution < -0.4 is 10.5 Å². The van der Waals surface area contributed by atoms with Crippen LogP contribution in [0.1, 0.15) is 19.8 Å². The van der Waals surface area contributed by atoms with E-state index in [9.17, 15) is 4.79 Å². The molecule has 1 aromatic carbocycles. The maximum Gasteiger partial charge on any atom is 0.303 e. The number of ether oxygens (including phenoxy) is 1. The summed E-state index contributed by atoms with van der Waals surface area (Å²) in [5, 5.41) is 8.84. The first-order chi connectivity index (χ1) is 8.02. The highest BCUT2D eigenvalue weighted by atomic mass is 32.2. The lowest BCUT2D eigenvalue weighted by atomic mass is 10.2. The minimum atomic E-state index is -0.762. The Morgan fingerprint density at radius 1 is 1.59 bits per heavy atom. The van der Waals surface area contributed by atoms with Crippen molar-refractivity contribution in [2.24, 2.45) is 0 Å². The number of benzene rings is 1. The summed E-state index contributed by atoms with van der Waals surface area (Å²) in [7, 11) is 1.60. The molecule has 0 saturated carbocycles. The van der Waals surface area contributed by atoms with Gasteiger partial charge in [0.05, 0.1) is 7.11 Å². The Labute approximate surface area is 105 Å². The smallest absolute Gasteiger partial charge is 0.303 e. The number of carbonyl (C=O) groups is 1. The lowest BCUT2D eigenvalue weighted by molar-refractivity contribution is -0.137. The Balaban J connectivity index is 2.64. The van der Waals surface area contributed by atoms with Crippen molar-refractivity contribution in [3.05, 3.63) is 18.2 Å². The third-order valence-corrected chi connectivity index (χ3v) is 3.51. The number of carboxylic acid groups (broad SMARTS) is 1. The molecule has 0 fully saturated rings. The van der Waals surface area contributed by atoms with Crippen LogP contribution >= 0.6 is 11.8 Å². The van der Waals surface area contributed by atoms with E-state index in [2.05, 4.69) is 0 Å². The van der Waals surface area contributed by atoms with Crippen LogP contribution in [0.25, 0.3) is 0 Å². The molecule has 0 heterocycles. The number of methoxy groups -OCH3 is 1. The van der Waals surface area contributed by atoms with Crippen LogP contribution in [0.3, 0.4) is 0 Å². The number of hydrogen-bond donors (Lipinski definition) is 2. The van der Waals surface area contributed by atoms with Crippen LogP contribution in [0.15, 0.2) is 23.1 Å². The fourth-order valence-electron chi connectivity index (χ4n) is 1.38. The topological polar surface area (TPSA) is 72.5 Å². The second-order valence-electron chi connectivity index (χ2n) is 3.77. The third kappa shape index (κ3) is 4.56. The molecule has 94 valence electrons. The molecule has 1 rings (SSSR count). The highest BCUT2D eigenvalue weighted by Gasteiger charge is 2.11. The van der Waals surface area contributed by atoms with Crippen LogP contribution in [0.5, 0.6) is 5.75 Å². The van der Waals surface area contributed by atoms with Crippen molar-refractivity contribution in [2.45, 2.75) is 29.9 Å². The second kappa shape index (κ2) is 6.39. The number of nitrogens with two attached hydrogens (primary N) is 1. The summed E-state index contributed by atoms with van der Waals surface area (Å²) in [5.41, 5.74) is 6.32. The van der Waals surface area contributed by atoms with Gasteiger partial charge in [0.2, 0.25) is 0 Å². The molecule has 1 aromatic rings. The average molecular weight is 255 g/mol. The summed E-state index contributed by atoms with van der Waals surface area (Å²) in [5.74, 6) is -0.0288. The Morgan fingerprint density at radius 2 is 2.29 bits per heavy atom. The predicted octanol–water partition coefficient (Wildman–Crippen LogP) is 2.62. The molecule has 4 nitrogen and oxygen atoms in total. The normalized spacial score (nSPS) is 12.1. The molecular formula is C12H17NO3S. The van der Waals surface area contributed by atoms with Gasteiger partial charge < -0.3 is 15.6 Å². The average Bonchev–Trinajstić information content (AvgIpc) is 2.28. The molecule has 0 spiro atoms. The van der Waals surface area contributed by atoms with Crippen molar-refractivity contribution in [2.75, 3.05) is 12.8 Å². The Kier molecular flexibility index (Phi) is 5.15. The molecule has 1 unspecified atom stereocenters. The molecule has 5 heteroatoms. The van der Waals surface area contributed by atoms with Crippen LogP contribution in [0.4, 0.5) is 5.69 Å². The van der Waals surface area contributed by atoms with Gasteiger partial charge in [-0.25, -0.2) is 0 Å². The van der Waals surface area contributed by atoms with E-state index in [1.54, 1.807) is 24.9 Å². The molecule has 0 bridgehead atoms. The zero-order valence-electron chi connectivity index (χ0n) is 9.97. The van der Waals surface area contributed by atoms with Gasteiger partial charge in [-0.2, -0.15) is 0 Å². The van der Waals surface area contributed by atoms with E-state index in [0.717, 1.165) is 10.6 Å². The van der Waals surface area contributed by atoms with E-state index in [-0.39, 0.29) is 11.7 Å². The maximum absolute atomic E-state index is 10.5. The summed E-state index contributed by atoms with van der Waals surface area (Å²) in [6.07, 6.45) is 0.818. The zero-order chi connectivity index (χ0) is 12.8. The summed E-state index contributed by atoms with van der Waals surface area (Å²) in [6.45, 7) is 2.00. The molecule has 0 saturated heterocycles. The van der Waals surface area contributed by atoms with E-state index in [1.807, 2.05) is 19.1 Å². The summed E-state index contributed by atoms with van der Waals surface area (Å²) >= 11 is 1.60. The van der Waals surface area contributed by atoms with Crippen LogP contribution in [-0.2, 0) is 4.79 Å². The minimum absolute atomic E-state index is 0.186. The first kappa shape index (κ1) is 13.7. The third-order valence-electron chi connectivity index (χ3n) is 2.28. The quantitative estimate of drug-likeness (QED) is 0.604. The maximum atomic E-state index is 10.5. The monoisotopic (exact) mass is 255 g/mol. The summed E-state index contributed by atoms with van der Waals surface area (Å²) < 4.78 is 5.24. The first-order valence-electron chi connectivity index (χ1n) is 5.35. The van der Waals surface area contributed by atoms with Gasteiger partial charge in [-0.1, -0.05) is 6.92 Å².